The molecule has 1 aromatic carbocycles. The van der Waals surface area contributed by atoms with E-state index >= 15 is 0 Å². The lowest BCUT2D eigenvalue weighted by atomic mass is 10.0. The van der Waals surface area contributed by atoms with Crippen LogP contribution >= 0.6 is 12.4 Å². The molecule has 27 heavy (non-hydrogen) atoms. The van der Waals surface area contributed by atoms with Gasteiger partial charge in [-0.25, -0.2) is 0 Å². The fourth-order valence-corrected chi connectivity index (χ4v) is 3.63. The zero-order valence-electron chi connectivity index (χ0n) is 15.8. The second kappa shape index (κ2) is 10.6. The van der Waals surface area contributed by atoms with E-state index in [0.717, 1.165) is 62.7 Å². The van der Waals surface area contributed by atoms with Gasteiger partial charge in [-0.1, -0.05) is 6.92 Å². The average Bonchev–Trinajstić information content (AvgIpc) is 3.11. The Morgan fingerprint density at radius 3 is 2.74 bits per heavy atom. The molecule has 0 aliphatic carbocycles. The number of ether oxygens (including phenoxy) is 3. The number of likely N-dealkylation sites (N-methyl/N-ethyl adjacent to an activating group) is 1. The van der Waals surface area contributed by atoms with Crippen molar-refractivity contribution in [3.05, 3.63) is 18.2 Å². The summed E-state index contributed by atoms with van der Waals surface area (Å²) in [4.78, 5) is 15.5. The smallest absolute Gasteiger partial charge is 0.317 e. The van der Waals surface area contributed by atoms with Gasteiger partial charge in [-0.05, 0) is 51.0 Å². The molecule has 1 N–H and O–H groups in total. The number of benzene rings is 1. The molecule has 0 radical (unpaired) electrons. The summed E-state index contributed by atoms with van der Waals surface area (Å²) in [6.45, 7) is 6.95. The van der Waals surface area contributed by atoms with E-state index in [1.807, 2.05) is 25.1 Å². The Balaban J connectivity index is 0.00000261. The Morgan fingerprint density at radius 2 is 2.04 bits per heavy atom. The van der Waals surface area contributed by atoms with Gasteiger partial charge in [-0.3, -0.25) is 9.69 Å². The number of carboxylic acid groups (broad SMARTS) is 1. The Kier molecular flexibility index (Phi) is 8.47. The minimum atomic E-state index is -0.741. The van der Waals surface area contributed by atoms with Gasteiger partial charge in [0.2, 0.25) is 6.79 Å². The van der Waals surface area contributed by atoms with Crippen molar-refractivity contribution in [1.82, 2.24) is 9.80 Å². The van der Waals surface area contributed by atoms with Gasteiger partial charge in [-0.2, -0.15) is 0 Å². The molecule has 1 aromatic rings. The predicted molar refractivity (Wildman–Crippen MR) is 104 cm³/mol. The Morgan fingerprint density at radius 1 is 1.30 bits per heavy atom. The molecule has 0 atom stereocenters. The molecule has 2 heterocycles. The second-order valence-electron chi connectivity index (χ2n) is 6.75. The van der Waals surface area contributed by atoms with Crippen LogP contribution in [0.4, 0.5) is 0 Å². The maximum Gasteiger partial charge on any atom is 0.317 e. The van der Waals surface area contributed by atoms with E-state index in [0.29, 0.717) is 12.6 Å². The van der Waals surface area contributed by atoms with Crippen molar-refractivity contribution in [2.75, 3.05) is 46.1 Å². The van der Waals surface area contributed by atoms with Gasteiger partial charge in [-0.15, -0.1) is 12.4 Å². The van der Waals surface area contributed by atoms with Crippen molar-refractivity contribution >= 4 is 18.4 Å². The Labute approximate surface area is 166 Å². The minimum Gasteiger partial charge on any atom is -0.493 e. The fraction of sp³-hybridized carbons (Fsp3) is 0.632. The maximum absolute atomic E-state index is 10.9. The SMILES string of the molecule is CCN(CC(=O)O)C1CCN(CCCOc2ccc3c(c2)OCO3)CC1.Cl. The Hall–Kier alpha value is -1.70. The summed E-state index contributed by atoms with van der Waals surface area (Å²) < 4.78 is 16.5. The van der Waals surface area contributed by atoms with E-state index in [-0.39, 0.29) is 25.7 Å². The lowest BCUT2D eigenvalue weighted by Crippen LogP contribution is -2.46. The van der Waals surface area contributed by atoms with Gasteiger partial charge in [0.1, 0.15) is 5.75 Å². The lowest BCUT2D eigenvalue weighted by Gasteiger charge is -2.37. The van der Waals surface area contributed by atoms with Crippen LogP contribution in [0.15, 0.2) is 18.2 Å². The van der Waals surface area contributed by atoms with Crippen LogP contribution < -0.4 is 14.2 Å². The van der Waals surface area contributed by atoms with E-state index in [9.17, 15) is 4.79 Å². The van der Waals surface area contributed by atoms with Gasteiger partial charge in [0.05, 0.1) is 13.2 Å². The Bertz CT molecular complexity index is 608. The average molecular weight is 401 g/mol. The van der Waals surface area contributed by atoms with Gasteiger partial charge in [0.15, 0.2) is 11.5 Å². The van der Waals surface area contributed by atoms with Crippen LogP contribution in [0.1, 0.15) is 26.2 Å². The van der Waals surface area contributed by atoms with Crippen molar-refractivity contribution in [2.24, 2.45) is 0 Å². The number of hydrogen-bond donors (Lipinski definition) is 1. The summed E-state index contributed by atoms with van der Waals surface area (Å²) in [5.41, 5.74) is 0. The number of carbonyl (C=O) groups is 1. The number of nitrogens with zero attached hydrogens (tertiary/aromatic N) is 2. The van der Waals surface area contributed by atoms with Crippen LogP contribution in [0.5, 0.6) is 17.2 Å². The van der Waals surface area contributed by atoms with Crippen LogP contribution in [0.2, 0.25) is 0 Å². The number of hydrogen-bond acceptors (Lipinski definition) is 6. The minimum absolute atomic E-state index is 0. The molecule has 0 spiro atoms. The number of fused-ring (bicyclic) bond motifs is 1. The van der Waals surface area contributed by atoms with E-state index < -0.39 is 5.97 Å². The number of carboxylic acids is 1. The fourth-order valence-electron chi connectivity index (χ4n) is 3.63. The topological polar surface area (TPSA) is 71.5 Å². The molecule has 0 unspecified atom stereocenters. The molecule has 3 rings (SSSR count). The molecule has 2 aliphatic rings. The van der Waals surface area contributed by atoms with Gasteiger partial charge in [0.25, 0.3) is 0 Å². The highest BCUT2D eigenvalue weighted by Crippen LogP contribution is 2.35. The molecule has 0 saturated carbocycles. The standard InChI is InChI=1S/C19H28N2O5.ClH/c1-2-21(13-19(22)23)15-6-9-20(10-7-15)8-3-11-24-16-4-5-17-18(12-16)26-14-25-17;/h4-5,12,15H,2-3,6-11,13-14H2,1H3,(H,22,23);1H. The molecule has 1 saturated heterocycles. The highest BCUT2D eigenvalue weighted by atomic mass is 35.5. The largest absolute Gasteiger partial charge is 0.493 e. The zero-order chi connectivity index (χ0) is 18.4. The number of aliphatic carboxylic acids is 1. The first-order chi connectivity index (χ1) is 12.7. The molecule has 0 amide bonds. The van der Waals surface area contributed by atoms with E-state index in [1.165, 1.54) is 0 Å². The number of piperidine rings is 1. The van der Waals surface area contributed by atoms with Crippen LogP contribution in [0.3, 0.4) is 0 Å². The zero-order valence-corrected chi connectivity index (χ0v) is 16.6. The number of likely N-dealkylation sites (tertiary alicyclic amines) is 1. The first-order valence-electron chi connectivity index (χ1n) is 9.36. The van der Waals surface area contributed by atoms with Crippen molar-refractivity contribution in [1.29, 1.82) is 0 Å². The van der Waals surface area contributed by atoms with Crippen LogP contribution in [-0.4, -0.2) is 73.0 Å². The van der Waals surface area contributed by atoms with E-state index in [2.05, 4.69) is 9.80 Å². The second-order valence-corrected chi connectivity index (χ2v) is 6.75. The first kappa shape index (κ1) is 21.6. The summed E-state index contributed by atoms with van der Waals surface area (Å²) in [6, 6.07) is 6.03. The normalized spacial score (nSPS) is 17.0. The van der Waals surface area contributed by atoms with Gasteiger partial charge >= 0.3 is 5.97 Å². The highest BCUT2D eigenvalue weighted by molar-refractivity contribution is 5.85. The third kappa shape index (κ3) is 6.16. The van der Waals surface area contributed by atoms with Crippen LogP contribution in [0.25, 0.3) is 0 Å². The number of halogens is 1. The summed E-state index contributed by atoms with van der Waals surface area (Å²) in [5.74, 6) is 1.57. The van der Waals surface area contributed by atoms with Gasteiger partial charge in [0, 0.05) is 18.7 Å². The molecule has 8 heteroatoms. The third-order valence-corrected chi connectivity index (χ3v) is 5.05. The quantitative estimate of drug-likeness (QED) is 0.638. The molecular formula is C19H29ClN2O5. The summed E-state index contributed by atoms with van der Waals surface area (Å²) in [5, 5.41) is 9.01. The maximum atomic E-state index is 10.9. The molecule has 7 nitrogen and oxygen atoms in total. The van der Waals surface area contributed by atoms with Gasteiger partial charge < -0.3 is 24.2 Å². The van der Waals surface area contributed by atoms with Crippen molar-refractivity contribution < 1.29 is 24.1 Å². The molecule has 0 bridgehead atoms. The molecular weight excluding hydrogens is 372 g/mol. The van der Waals surface area contributed by atoms with E-state index in [1.54, 1.807) is 0 Å². The molecule has 152 valence electrons. The lowest BCUT2D eigenvalue weighted by molar-refractivity contribution is -0.139. The summed E-state index contributed by atoms with van der Waals surface area (Å²) in [6.07, 6.45) is 3.03. The monoisotopic (exact) mass is 400 g/mol. The first-order valence-corrected chi connectivity index (χ1v) is 9.36. The van der Waals surface area contributed by atoms with E-state index in [4.69, 9.17) is 19.3 Å². The molecule has 0 aromatic heterocycles. The van der Waals surface area contributed by atoms with Crippen LogP contribution in [0, 0.1) is 0 Å². The molecule has 1 fully saturated rings. The predicted octanol–water partition coefficient (Wildman–Crippen LogP) is 2.48. The summed E-state index contributed by atoms with van der Waals surface area (Å²) in [7, 11) is 0. The third-order valence-electron chi connectivity index (χ3n) is 5.05. The molecule has 2 aliphatic heterocycles. The van der Waals surface area contributed by atoms with Crippen molar-refractivity contribution in [3.8, 4) is 17.2 Å². The summed E-state index contributed by atoms with van der Waals surface area (Å²) >= 11 is 0. The highest BCUT2D eigenvalue weighted by Gasteiger charge is 2.24. The van der Waals surface area contributed by atoms with Crippen molar-refractivity contribution in [3.63, 3.8) is 0 Å². The number of rotatable bonds is 9. The van der Waals surface area contributed by atoms with Crippen molar-refractivity contribution in [2.45, 2.75) is 32.2 Å². The van der Waals surface area contributed by atoms with Crippen LogP contribution in [-0.2, 0) is 4.79 Å².